The molecule has 0 spiro atoms. The van der Waals surface area contributed by atoms with Crippen molar-refractivity contribution in [2.75, 3.05) is 19.5 Å². The molecule has 198 valence electrons. The van der Waals surface area contributed by atoms with Gasteiger partial charge in [0.15, 0.2) is 0 Å². The predicted octanol–water partition coefficient (Wildman–Crippen LogP) is 6.62. The Morgan fingerprint density at radius 2 is 1.67 bits per heavy atom. The third-order valence-corrected chi connectivity index (χ3v) is 7.10. The van der Waals surface area contributed by atoms with Crippen molar-refractivity contribution >= 4 is 29.1 Å². The largest absolute Gasteiger partial charge is 0.497 e. The number of methoxy groups -OCH3 is 2. The number of halogens is 2. The van der Waals surface area contributed by atoms with Crippen LogP contribution in [0, 0.1) is 5.82 Å². The van der Waals surface area contributed by atoms with E-state index in [1.54, 1.807) is 72.7 Å². The van der Waals surface area contributed by atoms with Gasteiger partial charge in [0.05, 0.1) is 31.9 Å². The van der Waals surface area contributed by atoms with Gasteiger partial charge in [0.2, 0.25) is 5.91 Å². The summed E-state index contributed by atoms with van der Waals surface area (Å²) in [6.45, 7) is 0.175. The Hall–Kier alpha value is -4.36. The topological polar surface area (TPSA) is 67.9 Å². The Balaban J connectivity index is 1.64. The second kappa shape index (κ2) is 11.2. The maximum atomic E-state index is 14.1. The highest BCUT2D eigenvalue weighted by Gasteiger charge is 2.44. The fourth-order valence-electron chi connectivity index (χ4n) is 5.00. The number of anilines is 1. The number of ether oxygens (including phenoxy) is 2. The van der Waals surface area contributed by atoms with E-state index < -0.39 is 12.0 Å². The zero-order valence-corrected chi connectivity index (χ0v) is 22.1. The number of fused-ring (bicyclic) bond motifs is 1. The summed E-state index contributed by atoms with van der Waals surface area (Å²) in [4.78, 5) is 29.7. The monoisotopic (exact) mass is 544 g/mol. The number of nitrogens with one attached hydrogen (secondary N) is 1. The molecule has 0 saturated carbocycles. The minimum Gasteiger partial charge on any atom is -0.497 e. The van der Waals surface area contributed by atoms with E-state index in [9.17, 15) is 14.0 Å². The van der Waals surface area contributed by atoms with Crippen molar-refractivity contribution < 1.29 is 23.5 Å². The molecule has 2 amide bonds. The number of nitrogens with zero attached hydrogens (tertiary/aromatic N) is 1. The van der Waals surface area contributed by atoms with Crippen molar-refractivity contribution in [3.63, 3.8) is 0 Å². The maximum Gasteiger partial charge on any atom is 0.255 e. The third kappa shape index (κ3) is 5.31. The summed E-state index contributed by atoms with van der Waals surface area (Å²) in [5, 5.41) is 3.42. The summed E-state index contributed by atoms with van der Waals surface area (Å²) in [7, 11) is 3.09. The van der Waals surface area contributed by atoms with E-state index in [1.807, 2.05) is 18.2 Å². The van der Waals surface area contributed by atoms with Crippen LogP contribution in [0.15, 0.2) is 91.0 Å². The number of hydrogen-bond acceptors (Lipinski definition) is 4. The van der Waals surface area contributed by atoms with Gasteiger partial charge in [0.25, 0.3) is 5.91 Å². The zero-order chi connectivity index (χ0) is 27.5. The van der Waals surface area contributed by atoms with Crippen molar-refractivity contribution in [2.24, 2.45) is 0 Å². The Labute approximate surface area is 230 Å². The minimum absolute atomic E-state index is 0.175. The normalized spacial score (nSPS) is 16.4. The van der Waals surface area contributed by atoms with E-state index in [-0.39, 0.29) is 24.2 Å². The first-order valence-corrected chi connectivity index (χ1v) is 12.7. The summed E-state index contributed by atoms with van der Waals surface area (Å²) in [6.07, 6.45) is 0. The highest BCUT2D eigenvalue weighted by atomic mass is 35.5. The molecule has 0 bridgehead atoms. The quantitative estimate of drug-likeness (QED) is 0.284. The SMILES string of the molecule is COc1ccc([C@@H]2[C@H](C(=O)Nc3cc(Cl)ccc3OC)c3ccccc3C(=O)N2Cc2ccc(F)cc2)cc1. The van der Waals surface area contributed by atoms with Gasteiger partial charge in [-0.3, -0.25) is 9.59 Å². The molecule has 0 radical (unpaired) electrons. The van der Waals surface area contributed by atoms with Gasteiger partial charge in [-0.2, -0.15) is 0 Å². The lowest BCUT2D eigenvalue weighted by Crippen LogP contribution is -2.45. The number of hydrogen-bond donors (Lipinski definition) is 1. The molecule has 0 unspecified atom stereocenters. The Bertz CT molecular complexity index is 1510. The van der Waals surface area contributed by atoms with Crippen LogP contribution in [0.4, 0.5) is 10.1 Å². The molecule has 1 N–H and O–H groups in total. The molecule has 8 heteroatoms. The van der Waals surface area contributed by atoms with E-state index in [4.69, 9.17) is 21.1 Å². The number of benzene rings is 4. The summed E-state index contributed by atoms with van der Waals surface area (Å²) in [5.74, 6) is -0.599. The lowest BCUT2D eigenvalue weighted by Gasteiger charge is -2.42. The molecule has 1 aliphatic heterocycles. The lowest BCUT2D eigenvalue weighted by molar-refractivity contribution is -0.119. The maximum absolute atomic E-state index is 14.1. The lowest BCUT2D eigenvalue weighted by atomic mass is 9.79. The van der Waals surface area contributed by atoms with Gasteiger partial charge >= 0.3 is 0 Å². The van der Waals surface area contributed by atoms with Crippen molar-refractivity contribution in [3.8, 4) is 11.5 Å². The van der Waals surface area contributed by atoms with Crippen molar-refractivity contribution in [1.29, 1.82) is 0 Å². The summed E-state index contributed by atoms with van der Waals surface area (Å²) in [6, 6.07) is 24.7. The molecule has 5 rings (SSSR count). The molecule has 4 aromatic carbocycles. The fraction of sp³-hybridized carbons (Fsp3) is 0.161. The summed E-state index contributed by atoms with van der Waals surface area (Å²) >= 11 is 6.22. The van der Waals surface area contributed by atoms with E-state index >= 15 is 0 Å². The molecule has 6 nitrogen and oxygen atoms in total. The molecule has 1 aliphatic rings. The van der Waals surface area contributed by atoms with Gasteiger partial charge in [0, 0.05) is 17.1 Å². The first-order chi connectivity index (χ1) is 18.9. The molecule has 1 heterocycles. The van der Waals surface area contributed by atoms with Crippen LogP contribution >= 0.6 is 11.6 Å². The molecular weight excluding hydrogens is 519 g/mol. The average Bonchev–Trinajstić information content (AvgIpc) is 2.95. The van der Waals surface area contributed by atoms with Crippen LogP contribution in [-0.2, 0) is 11.3 Å². The molecule has 4 aromatic rings. The van der Waals surface area contributed by atoms with Gasteiger partial charge in [-0.15, -0.1) is 0 Å². The number of carbonyl (C=O) groups excluding carboxylic acids is 2. The van der Waals surface area contributed by atoms with Gasteiger partial charge < -0.3 is 19.7 Å². The Kier molecular flexibility index (Phi) is 7.52. The standard InChI is InChI=1S/C31H26ClFN2O4/c1-38-23-14-9-20(10-15-23)29-28(30(36)34-26-17-21(32)11-16-27(26)39-2)24-5-3-4-6-25(24)31(37)35(29)18-19-7-12-22(33)13-8-19/h3-17,28-29H,18H2,1-2H3,(H,34,36)/t28-,29-/m1/s1. The smallest absolute Gasteiger partial charge is 0.255 e. The fourth-order valence-corrected chi connectivity index (χ4v) is 5.17. The van der Waals surface area contributed by atoms with Crippen molar-refractivity contribution in [3.05, 3.63) is 124 Å². The first kappa shape index (κ1) is 26.3. The van der Waals surface area contributed by atoms with Crippen LogP contribution in [0.25, 0.3) is 0 Å². The van der Waals surface area contributed by atoms with Crippen LogP contribution < -0.4 is 14.8 Å². The molecule has 2 atom stereocenters. The van der Waals surface area contributed by atoms with Gasteiger partial charge in [-0.25, -0.2) is 4.39 Å². The van der Waals surface area contributed by atoms with Crippen molar-refractivity contribution in [2.45, 2.75) is 18.5 Å². The average molecular weight is 545 g/mol. The van der Waals surface area contributed by atoms with Gasteiger partial charge in [-0.1, -0.05) is 54.1 Å². The summed E-state index contributed by atoms with van der Waals surface area (Å²) in [5.41, 5.74) is 2.94. The minimum atomic E-state index is -0.781. The number of carbonyl (C=O) groups is 2. The number of rotatable bonds is 7. The molecule has 0 saturated heterocycles. The van der Waals surface area contributed by atoms with Crippen molar-refractivity contribution in [1.82, 2.24) is 4.90 Å². The highest BCUT2D eigenvalue weighted by Crippen LogP contribution is 2.45. The number of amides is 2. The zero-order valence-electron chi connectivity index (χ0n) is 21.4. The highest BCUT2D eigenvalue weighted by molar-refractivity contribution is 6.31. The predicted molar refractivity (Wildman–Crippen MR) is 148 cm³/mol. The molecular formula is C31H26ClFN2O4. The van der Waals surface area contributed by atoms with Gasteiger partial charge in [0.1, 0.15) is 17.3 Å². The third-order valence-electron chi connectivity index (χ3n) is 6.86. The van der Waals surface area contributed by atoms with Crippen LogP contribution in [-0.4, -0.2) is 30.9 Å². The molecule has 39 heavy (non-hydrogen) atoms. The van der Waals surface area contributed by atoms with E-state index in [1.165, 1.54) is 19.2 Å². The first-order valence-electron chi connectivity index (χ1n) is 12.3. The molecule has 0 aromatic heterocycles. The van der Waals surface area contributed by atoms with Gasteiger partial charge in [-0.05, 0) is 65.2 Å². The Morgan fingerprint density at radius 1 is 0.949 bits per heavy atom. The van der Waals surface area contributed by atoms with E-state index in [2.05, 4.69) is 5.32 Å². The van der Waals surface area contributed by atoms with Crippen LogP contribution in [0.5, 0.6) is 11.5 Å². The van der Waals surface area contributed by atoms with Crippen LogP contribution in [0.1, 0.15) is 39.0 Å². The molecule has 0 aliphatic carbocycles. The summed E-state index contributed by atoms with van der Waals surface area (Å²) < 4.78 is 24.4. The van der Waals surface area contributed by atoms with Crippen LogP contribution in [0.3, 0.4) is 0 Å². The molecule has 0 fully saturated rings. The second-order valence-corrected chi connectivity index (χ2v) is 9.61. The second-order valence-electron chi connectivity index (χ2n) is 9.18. The van der Waals surface area contributed by atoms with E-state index in [0.29, 0.717) is 33.3 Å². The van der Waals surface area contributed by atoms with Crippen LogP contribution in [0.2, 0.25) is 5.02 Å². The Morgan fingerprint density at radius 3 is 2.36 bits per heavy atom. The van der Waals surface area contributed by atoms with E-state index in [0.717, 1.165) is 11.1 Å².